The molecule has 0 aromatic carbocycles. The van der Waals surface area contributed by atoms with Crippen LogP contribution < -0.4 is 10.6 Å². The molecule has 1 rings (SSSR count). The van der Waals surface area contributed by atoms with Crippen LogP contribution in [0, 0.1) is 0 Å². The number of rotatable bonds is 3. The Kier molecular flexibility index (Phi) is 3.69. The minimum atomic E-state index is 0.0181. The van der Waals surface area contributed by atoms with Gasteiger partial charge in [0, 0.05) is 25.7 Å². The molecule has 2 N–H and O–H groups in total. The quantitative estimate of drug-likeness (QED) is 0.618. The maximum atomic E-state index is 11.3. The van der Waals surface area contributed by atoms with E-state index in [1.807, 2.05) is 14.0 Å². The molecule has 0 aromatic rings. The van der Waals surface area contributed by atoms with Gasteiger partial charge in [0.15, 0.2) is 0 Å². The van der Waals surface area contributed by atoms with Crippen molar-refractivity contribution in [3.63, 3.8) is 0 Å². The van der Waals surface area contributed by atoms with Crippen molar-refractivity contribution in [2.45, 2.75) is 25.9 Å². The van der Waals surface area contributed by atoms with Crippen LogP contribution in [0.2, 0.25) is 0 Å². The van der Waals surface area contributed by atoms with E-state index in [9.17, 15) is 4.79 Å². The van der Waals surface area contributed by atoms with Gasteiger partial charge in [-0.25, -0.2) is 0 Å². The van der Waals surface area contributed by atoms with Crippen LogP contribution in [0.4, 0.5) is 0 Å². The monoisotopic (exact) mass is 185 g/mol. The second-order valence-corrected chi connectivity index (χ2v) is 3.65. The molecular formula is C9H19N3O. The second-order valence-electron chi connectivity index (χ2n) is 3.65. The van der Waals surface area contributed by atoms with Crippen LogP contribution in [0.3, 0.4) is 0 Å². The van der Waals surface area contributed by atoms with Gasteiger partial charge in [-0.3, -0.25) is 9.69 Å². The average Bonchev–Trinajstić information content (AvgIpc) is 2.13. The first-order chi connectivity index (χ1) is 6.15. The van der Waals surface area contributed by atoms with Crippen molar-refractivity contribution < 1.29 is 4.79 Å². The minimum absolute atomic E-state index is 0.0181. The molecular weight excluding hydrogens is 166 g/mol. The zero-order valence-electron chi connectivity index (χ0n) is 8.63. The highest BCUT2D eigenvalue weighted by Gasteiger charge is 2.25. The van der Waals surface area contributed by atoms with Crippen molar-refractivity contribution in [3.8, 4) is 0 Å². The molecule has 2 atom stereocenters. The van der Waals surface area contributed by atoms with Crippen LogP contribution in [0.25, 0.3) is 0 Å². The number of hydrogen-bond donors (Lipinski definition) is 2. The summed E-state index contributed by atoms with van der Waals surface area (Å²) in [6.45, 7) is 6.75. The summed E-state index contributed by atoms with van der Waals surface area (Å²) in [4.78, 5) is 13.5. The molecule has 0 spiro atoms. The van der Waals surface area contributed by atoms with E-state index < -0.39 is 0 Å². The first-order valence-electron chi connectivity index (χ1n) is 4.84. The second kappa shape index (κ2) is 4.58. The fourth-order valence-electron chi connectivity index (χ4n) is 1.52. The molecule has 1 saturated heterocycles. The number of amides is 1. The molecule has 2 unspecified atom stereocenters. The fraction of sp³-hybridized carbons (Fsp3) is 0.889. The van der Waals surface area contributed by atoms with Crippen molar-refractivity contribution in [1.82, 2.24) is 15.5 Å². The molecule has 1 heterocycles. The molecule has 4 heteroatoms. The summed E-state index contributed by atoms with van der Waals surface area (Å²) in [5, 5.41) is 6.03. The lowest BCUT2D eigenvalue weighted by Gasteiger charge is -2.34. The summed E-state index contributed by atoms with van der Waals surface area (Å²) in [5.41, 5.74) is 0. The highest BCUT2D eigenvalue weighted by Crippen LogP contribution is 2.04. The predicted molar refractivity (Wildman–Crippen MR) is 52.6 cm³/mol. The summed E-state index contributed by atoms with van der Waals surface area (Å²) in [7, 11) is 1.94. The Bertz CT molecular complexity index is 184. The smallest absolute Gasteiger partial charge is 0.237 e. The Hall–Kier alpha value is -0.610. The molecule has 1 amide bonds. The summed E-state index contributed by atoms with van der Waals surface area (Å²) in [5.74, 6) is 0.148. The molecule has 1 fully saturated rings. The molecule has 0 bridgehead atoms. The van der Waals surface area contributed by atoms with Gasteiger partial charge in [0.05, 0.1) is 6.04 Å². The number of nitrogens with one attached hydrogen (secondary N) is 2. The number of hydrogen-bond acceptors (Lipinski definition) is 3. The van der Waals surface area contributed by atoms with Crippen molar-refractivity contribution >= 4 is 5.91 Å². The van der Waals surface area contributed by atoms with Crippen LogP contribution in [-0.4, -0.2) is 49.6 Å². The fourth-order valence-corrected chi connectivity index (χ4v) is 1.52. The van der Waals surface area contributed by atoms with Gasteiger partial charge in [-0.05, 0) is 20.9 Å². The lowest BCUT2D eigenvalue weighted by molar-refractivity contribution is -0.128. The minimum Gasteiger partial charge on any atom is -0.353 e. The van der Waals surface area contributed by atoms with E-state index in [4.69, 9.17) is 0 Å². The van der Waals surface area contributed by atoms with Gasteiger partial charge >= 0.3 is 0 Å². The maximum absolute atomic E-state index is 11.3. The SMILES string of the molecule is CNC(C)CN1CCNC(=O)C1C. The summed E-state index contributed by atoms with van der Waals surface area (Å²) < 4.78 is 0. The van der Waals surface area contributed by atoms with Crippen LogP contribution in [-0.2, 0) is 4.79 Å². The summed E-state index contributed by atoms with van der Waals surface area (Å²) in [6, 6.07) is 0.456. The van der Waals surface area contributed by atoms with E-state index in [1.54, 1.807) is 0 Å². The van der Waals surface area contributed by atoms with Gasteiger partial charge in [-0.2, -0.15) is 0 Å². The number of carbonyl (C=O) groups excluding carboxylic acids is 1. The molecule has 1 aliphatic rings. The normalized spacial score (nSPS) is 27.0. The van der Waals surface area contributed by atoms with E-state index in [1.165, 1.54) is 0 Å². The van der Waals surface area contributed by atoms with Crippen LogP contribution >= 0.6 is 0 Å². The molecule has 13 heavy (non-hydrogen) atoms. The lowest BCUT2D eigenvalue weighted by atomic mass is 10.2. The Morgan fingerprint density at radius 2 is 2.46 bits per heavy atom. The van der Waals surface area contributed by atoms with E-state index in [-0.39, 0.29) is 11.9 Å². The number of nitrogens with zero attached hydrogens (tertiary/aromatic N) is 1. The van der Waals surface area contributed by atoms with Gasteiger partial charge < -0.3 is 10.6 Å². The number of likely N-dealkylation sites (N-methyl/N-ethyl adjacent to an activating group) is 1. The van der Waals surface area contributed by atoms with E-state index in [0.29, 0.717) is 6.04 Å². The topological polar surface area (TPSA) is 44.4 Å². The number of piperazine rings is 1. The molecule has 76 valence electrons. The van der Waals surface area contributed by atoms with Crippen molar-refractivity contribution in [2.24, 2.45) is 0 Å². The van der Waals surface area contributed by atoms with Gasteiger partial charge in [-0.1, -0.05) is 0 Å². The van der Waals surface area contributed by atoms with Crippen LogP contribution in [0.15, 0.2) is 0 Å². The third kappa shape index (κ3) is 2.67. The van der Waals surface area contributed by atoms with E-state index in [0.717, 1.165) is 19.6 Å². The molecule has 0 saturated carbocycles. The molecule has 0 radical (unpaired) electrons. The van der Waals surface area contributed by atoms with E-state index in [2.05, 4.69) is 22.5 Å². The van der Waals surface area contributed by atoms with Gasteiger partial charge in [0.1, 0.15) is 0 Å². The van der Waals surface area contributed by atoms with E-state index >= 15 is 0 Å². The zero-order valence-corrected chi connectivity index (χ0v) is 8.63. The Balaban J connectivity index is 2.43. The van der Waals surface area contributed by atoms with Gasteiger partial charge in [0.25, 0.3) is 0 Å². The first kappa shape index (κ1) is 10.5. The largest absolute Gasteiger partial charge is 0.353 e. The molecule has 4 nitrogen and oxygen atoms in total. The predicted octanol–water partition coefficient (Wildman–Crippen LogP) is -0.585. The van der Waals surface area contributed by atoms with Crippen molar-refractivity contribution in [1.29, 1.82) is 0 Å². The molecule has 0 aromatic heterocycles. The average molecular weight is 185 g/mol. The number of carbonyl (C=O) groups is 1. The summed E-state index contributed by atoms with van der Waals surface area (Å²) >= 11 is 0. The summed E-state index contributed by atoms with van der Waals surface area (Å²) in [6.07, 6.45) is 0. The Morgan fingerprint density at radius 1 is 1.77 bits per heavy atom. The van der Waals surface area contributed by atoms with Crippen LogP contribution in [0.1, 0.15) is 13.8 Å². The third-order valence-corrected chi connectivity index (χ3v) is 2.63. The van der Waals surface area contributed by atoms with Gasteiger partial charge in [0.2, 0.25) is 5.91 Å². The standard InChI is InChI=1S/C9H19N3O/c1-7(10-3)6-12-5-4-11-9(13)8(12)2/h7-8,10H,4-6H2,1-3H3,(H,11,13). The molecule has 1 aliphatic heterocycles. The third-order valence-electron chi connectivity index (χ3n) is 2.63. The Labute approximate surface area is 79.7 Å². The molecule has 0 aliphatic carbocycles. The first-order valence-corrected chi connectivity index (χ1v) is 4.84. The zero-order chi connectivity index (χ0) is 9.84. The highest BCUT2D eigenvalue weighted by molar-refractivity contribution is 5.81. The lowest BCUT2D eigenvalue weighted by Crippen LogP contribution is -2.56. The van der Waals surface area contributed by atoms with Crippen molar-refractivity contribution in [3.05, 3.63) is 0 Å². The maximum Gasteiger partial charge on any atom is 0.237 e. The van der Waals surface area contributed by atoms with Crippen LogP contribution in [0.5, 0.6) is 0 Å². The highest BCUT2D eigenvalue weighted by atomic mass is 16.2. The Morgan fingerprint density at radius 3 is 3.08 bits per heavy atom. The van der Waals surface area contributed by atoms with Crippen molar-refractivity contribution in [2.75, 3.05) is 26.7 Å². The van der Waals surface area contributed by atoms with Gasteiger partial charge in [-0.15, -0.1) is 0 Å².